The molecule has 0 saturated heterocycles. The first-order valence-electron chi connectivity index (χ1n) is 4.57. The van der Waals surface area contributed by atoms with E-state index in [2.05, 4.69) is 9.97 Å². The topological polar surface area (TPSA) is 35.0 Å². The summed E-state index contributed by atoms with van der Waals surface area (Å²) in [6.07, 6.45) is 2.46. The lowest BCUT2D eigenvalue weighted by Gasteiger charge is -2.06. The number of methoxy groups -OCH3 is 1. The summed E-state index contributed by atoms with van der Waals surface area (Å²) in [7, 11) is 1.58. The van der Waals surface area contributed by atoms with Crippen molar-refractivity contribution in [3.63, 3.8) is 0 Å². The lowest BCUT2D eigenvalue weighted by molar-refractivity contribution is 0.404. The molecule has 2 rings (SSSR count). The standard InChI is InChI=1S/C11H9FN2OS/c1-15-9-4-2-3-5-10(9)16-11-8(12)6-13-7-14-11/h2-7H,1H3. The van der Waals surface area contributed by atoms with Gasteiger partial charge >= 0.3 is 0 Å². The van der Waals surface area contributed by atoms with E-state index >= 15 is 0 Å². The molecule has 0 radical (unpaired) electrons. The van der Waals surface area contributed by atoms with Crippen LogP contribution in [0.15, 0.2) is 46.7 Å². The third kappa shape index (κ3) is 2.30. The van der Waals surface area contributed by atoms with Gasteiger partial charge < -0.3 is 4.74 Å². The molecular weight excluding hydrogens is 227 g/mol. The molecule has 0 aliphatic heterocycles. The van der Waals surface area contributed by atoms with Crippen molar-refractivity contribution < 1.29 is 9.13 Å². The molecule has 0 unspecified atom stereocenters. The molecule has 1 heterocycles. The van der Waals surface area contributed by atoms with Crippen LogP contribution in [-0.2, 0) is 0 Å². The van der Waals surface area contributed by atoms with Crippen LogP contribution in [0.2, 0.25) is 0 Å². The third-order valence-electron chi connectivity index (χ3n) is 1.91. The Morgan fingerprint density at radius 3 is 2.88 bits per heavy atom. The van der Waals surface area contributed by atoms with Crippen LogP contribution in [0.4, 0.5) is 4.39 Å². The van der Waals surface area contributed by atoms with Gasteiger partial charge in [-0.25, -0.2) is 14.4 Å². The number of halogens is 1. The van der Waals surface area contributed by atoms with E-state index in [1.807, 2.05) is 24.3 Å². The number of benzene rings is 1. The van der Waals surface area contributed by atoms with Crippen LogP contribution in [0.1, 0.15) is 0 Å². The van der Waals surface area contributed by atoms with E-state index in [-0.39, 0.29) is 0 Å². The average Bonchev–Trinajstić information content (AvgIpc) is 2.33. The van der Waals surface area contributed by atoms with Gasteiger partial charge in [0.05, 0.1) is 18.2 Å². The van der Waals surface area contributed by atoms with Gasteiger partial charge in [0.2, 0.25) is 0 Å². The Balaban J connectivity index is 2.30. The number of nitrogens with zero attached hydrogens (tertiary/aromatic N) is 2. The van der Waals surface area contributed by atoms with Crippen molar-refractivity contribution in [1.82, 2.24) is 9.97 Å². The summed E-state index contributed by atoms with van der Waals surface area (Å²) in [5, 5.41) is 0.291. The largest absolute Gasteiger partial charge is 0.496 e. The van der Waals surface area contributed by atoms with Crippen molar-refractivity contribution in [2.24, 2.45) is 0 Å². The molecule has 0 saturated carbocycles. The van der Waals surface area contributed by atoms with Crippen LogP contribution in [0, 0.1) is 5.82 Å². The Labute approximate surface area is 96.7 Å². The highest BCUT2D eigenvalue weighted by atomic mass is 32.2. The molecule has 2 aromatic rings. The smallest absolute Gasteiger partial charge is 0.174 e. The van der Waals surface area contributed by atoms with Gasteiger partial charge in [-0.1, -0.05) is 23.9 Å². The Morgan fingerprint density at radius 2 is 2.12 bits per heavy atom. The normalized spacial score (nSPS) is 10.1. The van der Waals surface area contributed by atoms with E-state index in [9.17, 15) is 4.39 Å². The van der Waals surface area contributed by atoms with Crippen molar-refractivity contribution in [2.75, 3.05) is 7.11 Å². The summed E-state index contributed by atoms with van der Waals surface area (Å²) >= 11 is 1.21. The van der Waals surface area contributed by atoms with Gasteiger partial charge in [0.15, 0.2) is 5.82 Å². The molecule has 0 bridgehead atoms. The molecule has 0 fully saturated rings. The van der Waals surface area contributed by atoms with Gasteiger partial charge in [0.25, 0.3) is 0 Å². The van der Waals surface area contributed by atoms with Crippen molar-refractivity contribution >= 4 is 11.8 Å². The minimum atomic E-state index is -0.432. The minimum Gasteiger partial charge on any atom is -0.496 e. The fraction of sp³-hybridized carbons (Fsp3) is 0.0909. The van der Waals surface area contributed by atoms with E-state index in [0.717, 1.165) is 11.1 Å². The van der Waals surface area contributed by atoms with E-state index < -0.39 is 5.82 Å². The van der Waals surface area contributed by atoms with Crippen molar-refractivity contribution in [3.8, 4) is 5.75 Å². The van der Waals surface area contributed by atoms with Crippen LogP contribution >= 0.6 is 11.8 Å². The summed E-state index contributed by atoms with van der Waals surface area (Å²) in [4.78, 5) is 8.29. The molecule has 5 heteroatoms. The van der Waals surface area contributed by atoms with Crippen LogP contribution in [0.3, 0.4) is 0 Å². The summed E-state index contributed by atoms with van der Waals surface area (Å²) in [6, 6.07) is 7.40. The molecule has 82 valence electrons. The first-order valence-corrected chi connectivity index (χ1v) is 5.39. The predicted octanol–water partition coefficient (Wildman–Crippen LogP) is 2.78. The number of hydrogen-bond acceptors (Lipinski definition) is 4. The van der Waals surface area contributed by atoms with Crippen LogP contribution in [0.25, 0.3) is 0 Å². The van der Waals surface area contributed by atoms with Gasteiger partial charge in [-0.15, -0.1) is 0 Å². The zero-order valence-corrected chi connectivity index (χ0v) is 9.37. The minimum absolute atomic E-state index is 0.291. The molecular formula is C11H9FN2OS. The van der Waals surface area contributed by atoms with Crippen molar-refractivity contribution in [3.05, 3.63) is 42.6 Å². The Hall–Kier alpha value is -1.62. The zero-order valence-electron chi connectivity index (χ0n) is 8.55. The fourth-order valence-electron chi connectivity index (χ4n) is 1.18. The van der Waals surface area contributed by atoms with Gasteiger partial charge in [-0.2, -0.15) is 0 Å². The summed E-state index contributed by atoms with van der Waals surface area (Å²) in [6.45, 7) is 0. The molecule has 0 amide bonds. The number of para-hydroxylation sites is 1. The zero-order chi connectivity index (χ0) is 11.4. The average molecular weight is 236 g/mol. The molecule has 0 aliphatic carbocycles. The number of hydrogen-bond donors (Lipinski definition) is 0. The molecule has 0 N–H and O–H groups in total. The van der Waals surface area contributed by atoms with E-state index in [0.29, 0.717) is 10.8 Å². The van der Waals surface area contributed by atoms with Crippen molar-refractivity contribution in [1.29, 1.82) is 0 Å². The van der Waals surface area contributed by atoms with Crippen LogP contribution in [-0.4, -0.2) is 17.1 Å². The van der Waals surface area contributed by atoms with E-state index in [1.165, 1.54) is 18.1 Å². The summed E-state index contributed by atoms with van der Waals surface area (Å²) in [5.41, 5.74) is 0. The van der Waals surface area contributed by atoms with Crippen LogP contribution < -0.4 is 4.74 Å². The highest BCUT2D eigenvalue weighted by molar-refractivity contribution is 7.99. The highest BCUT2D eigenvalue weighted by Crippen LogP contribution is 2.34. The van der Waals surface area contributed by atoms with Gasteiger partial charge in [0, 0.05) is 0 Å². The summed E-state index contributed by atoms with van der Waals surface area (Å²) < 4.78 is 18.5. The first kappa shape index (κ1) is 10.9. The Morgan fingerprint density at radius 1 is 1.31 bits per heavy atom. The highest BCUT2D eigenvalue weighted by Gasteiger charge is 2.08. The molecule has 0 aliphatic rings. The maximum absolute atomic E-state index is 13.3. The maximum Gasteiger partial charge on any atom is 0.174 e. The lowest BCUT2D eigenvalue weighted by Crippen LogP contribution is -1.90. The second-order valence-corrected chi connectivity index (χ2v) is 3.96. The Kier molecular flexibility index (Phi) is 3.36. The third-order valence-corrected chi connectivity index (χ3v) is 2.96. The second kappa shape index (κ2) is 4.94. The summed E-state index contributed by atoms with van der Waals surface area (Å²) in [5.74, 6) is 0.268. The van der Waals surface area contributed by atoms with Gasteiger partial charge in [0.1, 0.15) is 17.1 Å². The molecule has 1 aromatic carbocycles. The van der Waals surface area contributed by atoms with E-state index in [4.69, 9.17) is 4.74 Å². The number of aromatic nitrogens is 2. The van der Waals surface area contributed by atoms with Crippen LogP contribution in [0.5, 0.6) is 5.75 Å². The molecule has 0 atom stereocenters. The molecule has 3 nitrogen and oxygen atoms in total. The predicted molar refractivity (Wildman–Crippen MR) is 59.1 cm³/mol. The first-order chi connectivity index (χ1) is 7.81. The van der Waals surface area contributed by atoms with E-state index in [1.54, 1.807) is 7.11 Å². The Bertz CT molecular complexity index is 493. The SMILES string of the molecule is COc1ccccc1Sc1ncncc1F. The molecule has 16 heavy (non-hydrogen) atoms. The molecule has 1 aromatic heterocycles. The van der Waals surface area contributed by atoms with Crippen molar-refractivity contribution in [2.45, 2.75) is 9.92 Å². The van der Waals surface area contributed by atoms with Gasteiger partial charge in [-0.05, 0) is 12.1 Å². The lowest BCUT2D eigenvalue weighted by atomic mass is 10.3. The maximum atomic E-state index is 13.3. The quantitative estimate of drug-likeness (QED) is 0.767. The monoisotopic (exact) mass is 236 g/mol. The van der Waals surface area contributed by atoms with Gasteiger partial charge in [-0.3, -0.25) is 0 Å². The second-order valence-electron chi connectivity index (χ2n) is 2.93. The molecule has 0 spiro atoms. The number of rotatable bonds is 3. The fourth-order valence-corrected chi connectivity index (χ4v) is 2.04. The number of ether oxygens (including phenoxy) is 1.